The summed E-state index contributed by atoms with van der Waals surface area (Å²) in [7, 11) is 0. The molecule has 5 heteroatoms. The molecule has 1 aromatic heterocycles. The topological polar surface area (TPSA) is 62.6 Å². The van der Waals surface area contributed by atoms with Crippen LogP contribution in [0.5, 0.6) is 0 Å². The van der Waals surface area contributed by atoms with E-state index in [0.717, 1.165) is 31.4 Å². The molecule has 1 unspecified atom stereocenters. The Kier molecular flexibility index (Phi) is 5.36. The minimum absolute atomic E-state index is 0.0594. The number of rotatable bonds is 5. The average Bonchev–Trinajstić information content (AvgIpc) is 3.25. The summed E-state index contributed by atoms with van der Waals surface area (Å²) in [5, 5.41) is 2.89. The fourth-order valence-corrected chi connectivity index (χ4v) is 3.80. The molecule has 2 heterocycles. The van der Waals surface area contributed by atoms with Crippen LogP contribution in [0.3, 0.4) is 0 Å². The van der Waals surface area contributed by atoms with Crippen molar-refractivity contribution in [2.45, 2.75) is 64.0 Å². The van der Waals surface area contributed by atoms with Crippen molar-refractivity contribution in [1.29, 1.82) is 0 Å². The van der Waals surface area contributed by atoms with E-state index < -0.39 is 0 Å². The van der Waals surface area contributed by atoms with Gasteiger partial charge in [0.25, 0.3) is 0 Å². The van der Waals surface area contributed by atoms with E-state index in [-0.39, 0.29) is 17.9 Å². The van der Waals surface area contributed by atoms with Gasteiger partial charge in [-0.05, 0) is 43.7 Å². The molecule has 126 valence electrons. The fourth-order valence-electron chi connectivity index (χ4n) is 3.80. The fraction of sp³-hybridized carbons (Fsp3) is 0.667. The highest BCUT2D eigenvalue weighted by Gasteiger charge is 2.34. The Bertz CT molecular complexity index is 520. The third-order valence-electron chi connectivity index (χ3n) is 5.08. The van der Waals surface area contributed by atoms with Gasteiger partial charge in [-0.3, -0.25) is 9.59 Å². The van der Waals surface area contributed by atoms with E-state index in [2.05, 4.69) is 5.32 Å². The first-order chi connectivity index (χ1) is 11.2. The van der Waals surface area contributed by atoms with Gasteiger partial charge >= 0.3 is 0 Å². The van der Waals surface area contributed by atoms with E-state index in [0.29, 0.717) is 25.4 Å². The van der Waals surface area contributed by atoms with Gasteiger partial charge in [-0.2, -0.15) is 0 Å². The number of nitrogens with zero attached hydrogens (tertiary/aromatic N) is 1. The van der Waals surface area contributed by atoms with Crippen molar-refractivity contribution in [3.63, 3.8) is 0 Å². The normalized spacial score (nSPS) is 22.3. The maximum absolute atomic E-state index is 12.6. The second-order valence-corrected chi connectivity index (χ2v) is 6.75. The number of furan rings is 1. The summed E-state index contributed by atoms with van der Waals surface area (Å²) >= 11 is 0. The number of hydrogen-bond donors (Lipinski definition) is 1. The van der Waals surface area contributed by atoms with Gasteiger partial charge in [0.15, 0.2) is 0 Å². The van der Waals surface area contributed by atoms with Crippen LogP contribution in [-0.2, 0) is 16.1 Å². The van der Waals surface area contributed by atoms with Crippen LogP contribution in [0.2, 0.25) is 0 Å². The van der Waals surface area contributed by atoms with Gasteiger partial charge in [0.1, 0.15) is 11.8 Å². The van der Waals surface area contributed by atoms with E-state index in [4.69, 9.17) is 4.42 Å². The molecule has 1 aromatic rings. The molecule has 0 spiro atoms. The Balaban J connectivity index is 1.51. The van der Waals surface area contributed by atoms with Crippen molar-refractivity contribution in [3.8, 4) is 0 Å². The molecule has 1 atom stereocenters. The molecule has 0 aromatic carbocycles. The lowest BCUT2D eigenvalue weighted by Gasteiger charge is -2.27. The van der Waals surface area contributed by atoms with Crippen LogP contribution < -0.4 is 5.32 Å². The number of likely N-dealkylation sites (tertiary alicyclic amines) is 1. The lowest BCUT2D eigenvalue weighted by Crippen LogP contribution is -2.46. The summed E-state index contributed by atoms with van der Waals surface area (Å²) in [6.45, 7) is 1.09. The van der Waals surface area contributed by atoms with Crippen molar-refractivity contribution in [1.82, 2.24) is 10.2 Å². The Morgan fingerprint density at radius 1 is 1.17 bits per heavy atom. The molecular weight excluding hydrogens is 292 g/mol. The van der Waals surface area contributed by atoms with Gasteiger partial charge in [-0.15, -0.1) is 0 Å². The number of hydrogen-bond acceptors (Lipinski definition) is 3. The molecule has 2 amide bonds. The number of carbonyl (C=O) groups is 2. The quantitative estimate of drug-likeness (QED) is 0.908. The van der Waals surface area contributed by atoms with Gasteiger partial charge in [0.05, 0.1) is 12.8 Å². The summed E-state index contributed by atoms with van der Waals surface area (Å²) in [4.78, 5) is 26.8. The van der Waals surface area contributed by atoms with Crippen molar-refractivity contribution in [3.05, 3.63) is 24.2 Å². The van der Waals surface area contributed by atoms with Crippen LogP contribution in [0.25, 0.3) is 0 Å². The highest BCUT2D eigenvalue weighted by Crippen LogP contribution is 2.28. The number of carbonyl (C=O) groups excluding carboxylic acids is 2. The molecule has 1 N–H and O–H groups in total. The molecule has 1 aliphatic carbocycles. The van der Waals surface area contributed by atoms with Gasteiger partial charge in [0.2, 0.25) is 11.8 Å². The third-order valence-corrected chi connectivity index (χ3v) is 5.08. The summed E-state index contributed by atoms with van der Waals surface area (Å²) in [5.74, 6) is 1.35. The smallest absolute Gasteiger partial charge is 0.243 e. The van der Waals surface area contributed by atoms with Gasteiger partial charge in [-0.25, -0.2) is 0 Å². The van der Waals surface area contributed by atoms with Crippen molar-refractivity contribution in [2.24, 2.45) is 5.92 Å². The molecule has 1 aliphatic heterocycles. The standard InChI is InChI=1S/C18H26N2O3/c21-17(12-14-6-2-1-3-7-14)20-10-4-9-16(20)18(22)19-13-15-8-5-11-23-15/h5,8,11,14,16H,1-4,6-7,9-10,12-13H2,(H,19,22). The molecule has 0 bridgehead atoms. The van der Waals surface area contributed by atoms with Crippen LogP contribution in [0, 0.1) is 5.92 Å². The van der Waals surface area contributed by atoms with Crippen LogP contribution in [0.15, 0.2) is 22.8 Å². The molecule has 0 radical (unpaired) electrons. The molecular formula is C18H26N2O3. The average molecular weight is 318 g/mol. The Morgan fingerprint density at radius 2 is 2.00 bits per heavy atom. The van der Waals surface area contributed by atoms with Crippen LogP contribution >= 0.6 is 0 Å². The number of amides is 2. The first-order valence-corrected chi connectivity index (χ1v) is 8.83. The van der Waals surface area contributed by atoms with E-state index in [1.54, 1.807) is 17.2 Å². The second kappa shape index (κ2) is 7.66. The molecule has 2 aliphatic rings. The number of nitrogens with one attached hydrogen (secondary N) is 1. The predicted molar refractivity (Wildman–Crippen MR) is 86.5 cm³/mol. The van der Waals surface area contributed by atoms with Crippen molar-refractivity contribution in [2.75, 3.05) is 6.54 Å². The van der Waals surface area contributed by atoms with E-state index in [1.807, 2.05) is 6.07 Å². The van der Waals surface area contributed by atoms with E-state index in [1.165, 1.54) is 19.3 Å². The van der Waals surface area contributed by atoms with Gasteiger partial charge < -0.3 is 14.6 Å². The first-order valence-electron chi connectivity index (χ1n) is 8.83. The molecule has 23 heavy (non-hydrogen) atoms. The molecule has 3 rings (SSSR count). The maximum atomic E-state index is 12.6. The third kappa shape index (κ3) is 4.15. The summed E-state index contributed by atoms with van der Waals surface area (Å²) in [6.07, 6.45) is 9.99. The van der Waals surface area contributed by atoms with Crippen molar-refractivity contribution >= 4 is 11.8 Å². The highest BCUT2D eigenvalue weighted by atomic mass is 16.3. The zero-order chi connectivity index (χ0) is 16.1. The van der Waals surface area contributed by atoms with Crippen LogP contribution in [0.4, 0.5) is 0 Å². The Hall–Kier alpha value is -1.78. The minimum Gasteiger partial charge on any atom is -0.467 e. The summed E-state index contributed by atoms with van der Waals surface area (Å²) in [6, 6.07) is 3.33. The SMILES string of the molecule is O=C(NCc1ccco1)C1CCCN1C(=O)CC1CCCCC1. The van der Waals surface area contributed by atoms with E-state index in [9.17, 15) is 9.59 Å². The van der Waals surface area contributed by atoms with E-state index >= 15 is 0 Å². The predicted octanol–water partition coefficient (Wildman–Crippen LogP) is 2.86. The van der Waals surface area contributed by atoms with Gasteiger partial charge in [-0.1, -0.05) is 19.3 Å². The first kappa shape index (κ1) is 16.1. The van der Waals surface area contributed by atoms with Crippen LogP contribution in [0.1, 0.15) is 57.1 Å². The largest absolute Gasteiger partial charge is 0.467 e. The lowest BCUT2D eigenvalue weighted by molar-refractivity contribution is -0.139. The monoisotopic (exact) mass is 318 g/mol. The molecule has 5 nitrogen and oxygen atoms in total. The summed E-state index contributed by atoms with van der Waals surface area (Å²) in [5.41, 5.74) is 0. The lowest BCUT2D eigenvalue weighted by atomic mass is 9.86. The van der Waals surface area contributed by atoms with Gasteiger partial charge in [0, 0.05) is 13.0 Å². The Labute approximate surface area is 137 Å². The molecule has 2 fully saturated rings. The summed E-state index contributed by atoms with van der Waals surface area (Å²) < 4.78 is 5.23. The maximum Gasteiger partial charge on any atom is 0.243 e. The minimum atomic E-state index is -0.305. The highest BCUT2D eigenvalue weighted by molar-refractivity contribution is 5.88. The second-order valence-electron chi connectivity index (χ2n) is 6.75. The zero-order valence-corrected chi connectivity index (χ0v) is 13.6. The Morgan fingerprint density at radius 3 is 2.74 bits per heavy atom. The molecule has 1 saturated heterocycles. The van der Waals surface area contributed by atoms with Crippen molar-refractivity contribution < 1.29 is 14.0 Å². The molecule has 1 saturated carbocycles. The van der Waals surface area contributed by atoms with Crippen LogP contribution in [-0.4, -0.2) is 29.3 Å². The zero-order valence-electron chi connectivity index (χ0n) is 13.6.